The first kappa shape index (κ1) is 15.0. The van der Waals surface area contributed by atoms with Gasteiger partial charge in [-0.25, -0.2) is 0 Å². The molecule has 1 aromatic rings. The van der Waals surface area contributed by atoms with Crippen molar-refractivity contribution in [3.63, 3.8) is 0 Å². The lowest BCUT2D eigenvalue weighted by atomic mass is 10.00. The second-order valence-electron chi connectivity index (χ2n) is 5.46. The first-order valence-corrected chi connectivity index (χ1v) is 7.17. The summed E-state index contributed by atoms with van der Waals surface area (Å²) in [6.07, 6.45) is 1.57. The van der Waals surface area contributed by atoms with Crippen LogP contribution in [0.2, 0.25) is 0 Å². The zero-order chi connectivity index (χ0) is 14.8. The molecule has 0 bridgehead atoms. The monoisotopic (exact) mass is 277 g/mol. The topological polar surface area (TPSA) is 49.8 Å². The third-order valence-corrected chi connectivity index (χ3v) is 4.27. The van der Waals surface area contributed by atoms with Crippen molar-refractivity contribution in [1.29, 1.82) is 0 Å². The highest BCUT2D eigenvalue weighted by molar-refractivity contribution is 6.00. The lowest BCUT2D eigenvalue weighted by Gasteiger charge is -2.33. The normalized spacial score (nSPS) is 21.8. The van der Waals surface area contributed by atoms with Crippen molar-refractivity contribution in [3.05, 3.63) is 29.8 Å². The second-order valence-corrected chi connectivity index (χ2v) is 5.46. The average molecular weight is 277 g/mol. The van der Waals surface area contributed by atoms with Gasteiger partial charge in [0.05, 0.1) is 6.10 Å². The predicted octanol–water partition coefficient (Wildman–Crippen LogP) is 2.66. The van der Waals surface area contributed by atoms with Gasteiger partial charge < -0.3 is 14.7 Å². The van der Waals surface area contributed by atoms with Crippen LogP contribution in [0, 0.1) is 0 Å². The minimum Gasteiger partial charge on any atom is -0.388 e. The maximum absolute atomic E-state index is 12.8. The Balaban J connectivity index is 2.42. The Labute approximate surface area is 120 Å². The molecular weight excluding hydrogens is 254 g/mol. The van der Waals surface area contributed by atoms with E-state index in [-0.39, 0.29) is 5.91 Å². The van der Waals surface area contributed by atoms with Crippen molar-refractivity contribution in [3.8, 4) is 0 Å². The van der Waals surface area contributed by atoms with Crippen LogP contribution in [0.15, 0.2) is 24.3 Å². The number of hydrogen-bond donors (Lipinski definition) is 1. The van der Waals surface area contributed by atoms with Crippen LogP contribution in [0.5, 0.6) is 0 Å². The van der Waals surface area contributed by atoms with Crippen molar-refractivity contribution in [2.75, 3.05) is 18.6 Å². The van der Waals surface area contributed by atoms with E-state index in [4.69, 9.17) is 4.74 Å². The number of ether oxygens (including phenoxy) is 1. The smallest absolute Gasteiger partial charge is 0.258 e. The zero-order valence-electron chi connectivity index (χ0n) is 12.4. The molecule has 0 radical (unpaired) electrons. The maximum atomic E-state index is 12.8. The fourth-order valence-electron chi connectivity index (χ4n) is 2.61. The molecule has 4 nitrogen and oxygen atoms in total. The Morgan fingerprint density at radius 1 is 1.50 bits per heavy atom. The van der Waals surface area contributed by atoms with E-state index in [1.807, 2.05) is 38.1 Å². The van der Waals surface area contributed by atoms with Gasteiger partial charge in [0.2, 0.25) is 0 Å². The minimum atomic E-state index is -0.817. The molecule has 0 aliphatic carbocycles. The van der Waals surface area contributed by atoms with Crippen LogP contribution in [0.25, 0.3) is 0 Å². The molecule has 110 valence electrons. The summed E-state index contributed by atoms with van der Waals surface area (Å²) in [6, 6.07) is 7.58. The number of amides is 1. The molecule has 1 heterocycles. The Bertz CT molecular complexity index is 482. The van der Waals surface area contributed by atoms with E-state index in [1.165, 1.54) is 0 Å². The molecular formula is C16H23NO3. The molecule has 2 unspecified atom stereocenters. The van der Waals surface area contributed by atoms with Crippen molar-refractivity contribution < 1.29 is 14.6 Å². The van der Waals surface area contributed by atoms with E-state index < -0.39 is 11.7 Å². The maximum Gasteiger partial charge on any atom is 0.258 e. The van der Waals surface area contributed by atoms with Gasteiger partial charge in [0, 0.05) is 24.9 Å². The van der Waals surface area contributed by atoms with Crippen molar-refractivity contribution >= 4 is 11.6 Å². The van der Waals surface area contributed by atoms with Crippen LogP contribution >= 0.6 is 0 Å². The molecule has 0 spiro atoms. The molecule has 0 saturated carbocycles. The van der Waals surface area contributed by atoms with Crippen LogP contribution in [-0.2, 0) is 9.53 Å². The standard InChI is InChI=1S/C16H23NO3/c1-4-16(2,20-3)15(19)17-11-7-10-14(18)12-8-5-6-9-13(12)17/h5-6,8-9,14,18H,4,7,10-11H2,1-3H3. The second kappa shape index (κ2) is 5.94. The summed E-state index contributed by atoms with van der Waals surface area (Å²) >= 11 is 0. The third-order valence-electron chi connectivity index (χ3n) is 4.27. The molecule has 1 aliphatic heterocycles. The molecule has 0 fully saturated rings. The van der Waals surface area contributed by atoms with Gasteiger partial charge in [0.15, 0.2) is 0 Å². The largest absolute Gasteiger partial charge is 0.388 e. The Morgan fingerprint density at radius 3 is 2.85 bits per heavy atom. The number of anilines is 1. The number of rotatable bonds is 3. The van der Waals surface area contributed by atoms with Gasteiger partial charge in [-0.1, -0.05) is 25.1 Å². The average Bonchev–Trinajstić information content (AvgIpc) is 2.65. The summed E-state index contributed by atoms with van der Waals surface area (Å²) in [7, 11) is 1.57. The summed E-state index contributed by atoms with van der Waals surface area (Å²) in [6.45, 7) is 4.38. The molecule has 20 heavy (non-hydrogen) atoms. The number of methoxy groups -OCH3 is 1. The number of aliphatic hydroxyl groups is 1. The van der Waals surface area contributed by atoms with E-state index >= 15 is 0 Å². The van der Waals surface area contributed by atoms with Crippen molar-refractivity contribution in [1.82, 2.24) is 0 Å². The highest BCUT2D eigenvalue weighted by atomic mass is 16.5. The van der Waals surface area contributed by atoms with E-state index in [1.54, 1.807) is 12.0 Å². The minimum absolute atomic E-state index is 0.0379. The van der Waals surface area contributed by atoms with Crippen LogP contribution in [-0.4, -0.2) is 30.3 Å². The fourth-order valence-corrected chi connectivity index (χ4v) is 2.61. The number of para-hydroxylation sites is 1. The number of nitrogens with zero attached hydrogens (tertiary/aromatic N) is 1. The third kappa shape index (κ3) is 2.58. The molecule has 1 aromatic carbocycles. The lowest BCUT2D eigenvalue weighted by molar-refractivity contribution is -0.138. The van der Waals surface area contributed by atoms with Gasteiger partial charge in [0.1, 0.15) is 5.60 Å². The summed E-state index contributed by atoms with van der Waals surface area (Å²) in [4.78, 5) is 14.6. The lowest BCUT2D eigenvalue weighted by Crippen LogP contribution is -2.48. The Morgan fingerprint density at radius 2 is 2.20 bits per heavy atom. The quantitative estimate of drug-likeness (QED) is 0.924. The number of fused-ring (bicyclic) bond motifs is 1. The summed E-state index contributed by atoms with van der Waals surface area (Å²) in [5, 5.41) is 10.2. The van der Waals surface area contributed by atoms with Gasteiger partial charge in [-0.05, 0) is 32.3 Å². The predicted molar refractivity (Wildman–Crippen MR) is 78.7 cm³/mol. The van der Waals surface area contributed by atoms with Crippen LogP contribution < -0.4 is 4.90 Å². The van der Waals surface area contributed by atoms with Crippen LogP contribution in [0.4, 0.5) is 5.69 Å². The van der Waals surface area contributed by atoms with Gasteiger partial charge in [-0.15, -0.1) is 0 Å². The van der Waals surface area contributed by atoms with Crippen molar-refractivity contribution in [2.24, 2.45) is 0 Å². The van der Waals surface area contributed by atoms with E-state index in [0.717, 1.165) is 17.7 Å². The van der Waals surface area contributed by atoms with Crippen LogP contribution in [0.1, 0.15) is 44.8 Å². The number of benzene rings is 1. The molecule has 2 atom stereocenters. The van der Waals surface area contributed by atoms with Gasteiger partial charge in [-0.2, -0.15) is 0 Å². The van der Waals surface area contributed by atoms with E-state index in [9.17, 15) is 9.90 Å². The molecule has 1 N–H and O–H groups in total. The SMILES string of the molecule is CCC(C)(OC)C(=O)N1CCCC(O)c2ccccc21. The fraction of sp³-hybridized carbons (Fsp3) is 0.562. The van der Waals surface area contributed by atoms with Crippen molar-refractivity contribution in [2.45, 2.75) is 44.8 Å². The molecule has 0 aromatic heterocycles. The van der Waals surface area contributed by atoms with Gasteiger partial charge in [-0.3, -0.25) is 4.79 Å². The highest BCUT2D eigenvalue weighted by Crippen LogP contribution is 2.34. The summed E-state index contributed by atoms with van der Waals surface area (Å²) in [5.41, 5.74) is 0.815. The number of carbonyl (C=O) groups is 1. The summed E-state index contributed by atoms with van der Waals surface area (Å²) in [5.74, 6) is -0.0379. The molecule has 4 heteroatoms. The first-order chi connectivity index (χ1) is 9.53. The zero-order valence-corrected chi connectivity index (χ0v) is 12.4. The number of carbonyl (C=O) groups excluding carboxylic acids is 1. The van der Waals surface area contributed by atoms with Crippen LogP contribution in [0.3, 0.4) is 0 Å². The van der Waals surface area contributed by atoms with E-state index in [2.05, 4.69) is 0 Å². The Hall–Kier alpha value is -1.39. The first-order valence-electron chi connectivity index (χ1n) is 7.17. The number of aliphatic hydroxyl groups excluding tert-OH is 1. The Kier molecular flexibility index (Phi) is 4.45. The van der Waals surface area contributed by atoms with Gasteiger partial charge >= 0.3 is 0 Å². The molecule has 0 saturated heterocycles. The molecule has 2 rings (SSSR count). The van der Waals surface area contributed by atoms with Gasteiger partial charge in [0.25, 0.3) is 5.91 Å². The molecule has 1 aliphatic rings. The summed E-state index contributed by atoms with van der Waals surface area (Å²) < 4.78 is 5.43. The molecule has 1 amide bonds. The highest BCUT2D eigenvalue weighted by Gasteiger charge is 2.37. The van der Waals surface area contributed by atoms with E-state index in [0.29, 0.717) is 19.4 Å². The number of hydrogen-bond acceptors (Lipinski definition) is 3.